The van der Waals surface area contributed by atoms with Crippen LogP contribution in [0.25, 0.3) is 16.7 Å². The molecular weight excluding hydrogens is 333 g/mol. The molecule has 1 aliphatic heterocycles. The van der Waals surface area contributed by atoms with Crippen LogP contribution in [0.1, 0.15) is 11.3 Å². The molecule has 0 saturated carbocycles. The monoisotopic (exact) mass is 355 g/mol. The summed E-state index contributed by atoms with van der Waals surface area (Å²) in [7, 11) is 2.11. The first kappa shape index (κ1) is 16.9. The summed E-state index contributed by atoms with van der Waals surface area (Å²) in [5.41, 5.74) is 2.84. The number of aromatic nitrogens is 3. The van der Waals surface area contributed by atoms with E-state index in [-0.39, 0.29) is 11.4 Å². The van der Waals surface area contributed by atoms with Crippen molar-refractivity contribution in [2.45, 2.75) is 13.5 Å². The van der Waals surface area contributed by atoms with Crippen LogP contribution >= 0.6 is 0 Å². The molecule has 0 bridgehead atoms. The summed E-state index contributed by atoms with van der Waals surface area (Å²) in [5, 5.41) is 5.45. The average Bonchev–Trinajstić information content (AvgIpc) is 2.94. The number of piperazine rings is 1. The molecule has 1 saturated heterocycles. The van der Waals surface area contributed by atoms with Gasteiger partial charge in [-0.25, -0.2) is 9.07 Å². The molecule has 1 fully saturated rings. The summed E-state index contributed by atoms with van der Waals surface area (Å²) in [6.45, 7) is 6.51. The van der Waals surface area contributed by atoms with Gasteiger partial charge in [-0.3, -0.25) is 9.69 Å². The van der Waals surface area contributed by atoms with Crippen molar-refractivity contribution >= 4 is 11.0 Å². The highest BCUT2D eigenvalue weighted by Gasteiger charge is 2.17. The first-order chi connectivity index (χ1) is 12.5. The van der Waals surface area contributed by atoms with E-state index in [1.54, 1.807) is 16.8 Å². The maximum absolute atomic E-state index is 13.2. The van der Waals surface area contributed by atoms with E-state index in [1.165, 1.54) is 12.1 Å². The quantitative estimate of drug-likeness (QED) is 0.780. The molecular formula is C19H22FN5O. The highest BCUT2D eigenvalue weighted by Crippen LogP contribution is 2.20. The van der Waals surface area contributed by atoms with Crippen LogP contribution < -0.4 is 5.56 Å². The van der Waals surface area contributed by atoms with Gasteiger partial charge in [-0.2, -0.15) is 5.10 Å². The molecule has 0 unspecified atom stereocenters. The van der Waals surface area contributed by atoms with E-state index in [0.29, 0.717) is 17.9 Å². The van der Waals surface area contributed by atoms with Crippen molar-refractivity contribution in [3.05, 3.63) is 57.8 Å². The zero-order chi connectivity index (χ0) is 18.3. The van der Waals surface area contributed by atoms with Crippen LogP contribution in [0, 0.1) is 12.7 Å². The number of fused-ring (bicyclic) bond motifs is 1. The Morgan fingerprint density at radius 1 is 1.15 bits per heavy atom. The second-order valence-electron chi connectivity index (χ2n) is 6.94. The Hall–Kier alpha value is -2.51. The van der Waals surface area contributed by atoms with Gasteiger partial charge in [-0.05, 0) is 44.3 Å². The van der Waals surface area contributed by atoms with Crippen LogP contribution in [0.5, 0.6) is 0 Å². The number of likely N-dealkylation sites (N-methyl/N-ethyl adjacent to an activating group) is 1. The Bertz CT molecular complexity index is 984. The molecule has 26 heavy (non-hydrogen) atoms. The maximum atomic E-state index is 13.2. The van der Waals surface area contributed by atoms with Gasteiger partial charge in [0.25, 0.3) is 5.56 Å². The number of pyridine rings is 1. The van der Waals surface area contributed by atoms with E-state index in [0.717, 1.165) is 42.8 Å². The van der Waals surface area contributed by atoms with Gasteiger partial charge in [0.2, 0.25) is 0 Å². The number of H-pyrrole nitrogens is 1. The summed E-state index contributed by atoms with van der Waals surface area (Å²) >= 11 is 0. The van der Waals surface area contributed by atoms with Crippen LogP contribution in [-0.4, -0.2) is 57.8 Å². The first-order valence-electron chi connectivity index (χ1n) is 8.79. The van der Waals surface area contributed by atoms with Crippen LogP contribution in [0.15, 0.2) is 35.1 Å². The van der Waals surface area contributed by atoms with E-state index in [2.05, 4.69) is 26.9 Å². The van der Waals surface area contributed by atoms with Crippen molar-refractivity contribution in [2.75, 3.05) is 33.2 Å². The average molecular weight is 355 g/mol. The number of nitrogens with zero attached hydrogens (tertiary/aromatic N) is 4. The van der Waals surface area contributed by atoms with Gasteiger partial charge in [-0.15, -0.1) is 0 Å². The fraction of sp³-hybridized carbons (Fsp3) is 0.368. The Morgan fingerprint density at radius 3 is 2.54 bits per heavy atom. The van der Waals surface area contributed by atoms with Crippen LogP contribution in [0.2, 0.25) is 0 Å². The molecule has 0 spiro atoms. The normalized spacial score (nSPS) is 16.4. The predicted octanol–water partition coefficient (Wildman–Crippen LogP) is 1.91. The summed E-state index contributed by atoms with van der Waals surface area (Å²) in [5.74, 6) is -0.301. The van der Waals surface area contributed by atoms with Crippen molar-refractivity contribution in [2.24, 2.45) is 0 Å². The molecule has 1 N–H and O–H groups in total. The Labute approximate surface area is 150 Å². The molecule has 4 rings (SSSR count). The fourth-order valence-electron chi connectivity index (χ4n) is 3.39. The van der Waals surface area contributed by atoms with E-state index in [4.69, 9.17) is 0 Å². The predicted molar refractivity (Wildman–Crippen MR) is 99.2 cm³/mol. The molecule has 1 aromatic carbocycles. The molecule has 6 nitrogen and oxygen atoms in total. The topological polar surface area (TPSA) is 57.2 Å². The molecule has 136 valence electrons. The zero-order valence-corrected chi connectivity index (χ0v) is 15.0. The number of hydrogen-bond acceptors (Lipinski definition) is 4. The van der Waals surface area contributed by atoms with Crippen LogP contribution in [0.3, 0.4) is 0 Å². The van der Waals surface area contributed by atoms with Gasteiger partial charge >= 0.3 is 0 Å². The minimum absolute atomic E-state index is 0.0975. The lowest BCUT2D eigenvalue weighted by atomic mass is 10.2. The Kier molecular flexibility index (Phi) is 4.34. The third-order valence-electron chi connectivity index (χ3n) is 5.01. The number of halogens is 1. The van der Waals surface area contributed by atoms with Crippen molar-refractivity contribution in [1.29, 1.82) is 0 Å². The molecule has 3 heterocycles. The largest absolute Gasteiger partial charge is 0.306 e. The molecule has 0 aliphatic carbocycles. The lowest BCUT2D eigenvalue weighted by molar-refractivity contribution is 0.148. The van der Waals surface area contributed by atoms with Gasteiger partial charge in [0.15, 0.2) is 0 Å². The third kappa shape index (κ3) is 3.15. The van der Waals surface area contributed by atoms with Crippen LogP contribution in [0.4, 0.5) is 4.39 Å². The van der Waals surface area contributed by atoms with Gasteiger partial charge < -0.3 is 9.88 Å². The number of hydrogen-bond donors (Lipinski definition) is 1. The van der Waals surface area contributed by atoms with E-state index >= 15 is 0 Å². The number of rotatable bonds is 3. The van der Waals surface area contributed by atoms with Gasteiger partial charge in [0.05, 0.1) is 11.4 Å². The lowest BCUT2D eigenvalue weighted by Gasteiger charge is -2.32. The summed E-state index contributed by atoms with van der Waals surface area (Å²) in [4.78, 5) is 20.2. The van der Waals surface area contributed by atoms with Gasteiger partial charge in [-0.1, -0.05) is 0 Å². The molecule has 2 aromatic heterocycles. The number of aryl methyl sites for hydroxylation is 1. The maximum Gasteiger partial charge on any atom is 0.254 e. The SMILES string of the molecule is Cc1nn(-c2ccc(F)cc2)c2[nH]c(=O)c(CN3CCN(C)CC3)cc12. The first-order valence-corrected chi connectivity index (χ1v) is 8.79. The fourth-order valence-corrected chi connectivity index (χ4v) is 3.39. The minimum Gasteiger partial charge on any atom is -0.306 e. The third-order valence-corrected chi connectivity index (χ3v) is 5.01. The number of aromatic amines is 1. The second-order valence-corrected chi connectivity index (χ2v) is 6.94. The number of benzene rings is 1. The molecule has 0 radical (unpaired) electrons. The Morgan fingerprint density at radius 2 is 1.85 bits per heavy atom. The van der Waals surface area contributed by atoms with Gasteiger partial charge in [0.1, 0.15) is 11.5 Å². The second kappa shape index (κ2) is 6.66. The number of nitrogens with one attached hydrogen (secondary N) is 1. The van der Waals surface area contributed by atoms with Gasteiger partial charge in [0, 0.05) is 43.7 Å². The highest BCUT2D eigenvalue weighted by molar-refractivity contribution is 5.80. The summed E-state index contributed by atoms with van der Waals surface area (Å²) in [6, 6.07) is 8.01. The molecule has 3 aromatic rings. The Balaban J connectivity index is 1.70. The molecule has 0 atom stereocenters. The van der Waals surface area contributed by atoms with Crippen molar-refractivity contribution in [3.63, 3.8) is 0 Å². The molecule has 1 aliphatic rings. The summed E-state index contributed by atoms with van der Waals surface area (Å²) in [6.07, 6.45) is 0. The standard InChI is InChI=1S/C19H22FN5O/c1-13-17-11-14(12-24-9-7-23(2)8-10-24)19(26)21-18(17)25(22-13)16-5-3-15(20)4-6-16/h3-6,11H,7-10,12H2,1-2H3,(H,21,26). The lowest BCUT2D eigenvalue weighted by Crippen LogP contribution is -2.44. The smallest absolute Gasteiger partial charge is 0.254 e. The summed E-state index contributed by atoms with van der Waals surface area (Å²) < 4.78 is 14.8. The minimum atomic E-state index is -0.301. The van der Waals surface area contributed by atoms with Crippen LogP contribution in [-0.2, 0) is 6.54 Å². The van der Waals surface area contributed by atoms with Crippen molar-refractivity contribution in [3.8, 4) is 5.69 Å². The van der Waals surface area contributed by atoms with Crippen molar-refractivity contribution < 1.29 is 4.39 Å². The molecule has 7 heteroatoms. The van der Waals surface area contributed by atoms with E-state index < -0.39 is 0 Å². The van der Waals surface area contributed by atoms with E-state index in [9.17, 15) is 9.18 Å². The van der Waals surface area contributed by atoms with E-state index in [1.807, 2.05) is 13.0 Å². The molecule has 0 amide bonds. The van der Waals surface area contributed by atoms with Crippen molar-refractivity contribution in [1.82, 2.24) is 24.6 Å². The highest BCUT2D eigenvalue weighted by atomic mass is 19.1. The zero-order valence-electron chi connectivity index (χ0n) is 15.0.